The smallest absolute Gasteiger partial charge is 0.386 e. The molecule has 3 saturated heterocycles. The minimum absolute atomic E-state index is 0.1000. The number of aliphatic hydroxyl groups is 2. The number of nitrogens with zero attached hydrogens (tertiary/aromatic N) is 9. The van der Waals surface area contributed by atoms with Crippen LogP contribution in [0.1, 0.15) is 34.9 Å². The predicted octanol–water partition coefficient (Wildman–Crippen LogP) is 2.40. The van der Waals surface area contributed by atoms with E-state index in [9.17, 15) is 24.5 Å². The summed E-state index contributed by atoms with van der Waals surface area (Å²) in [6.07, 6.45) is -0.804. The Labute approximate surface area is 327 Å². The maximum absolute atomic E-state index is 14.1. The van der Waals surface area contributed by atoms with Gasteiger partial charge in [-0.2, -0.15) is 0 Å². The van der Waals surface area contributed by atoms with Gasteiger partial charge in [0.2, 0.25) is 0 Å². The Morgan fingerprint density at radius 1 is 0.821 bits per heavy atom. The van der Waals surface area contributed by atoms with Gasteiger partial charge in [-0.25, -0.2) is 34.5 Å². The van der Waals surface area contributed by atoms with E-state index in [0.29, 0.717) is 35.3 Å². The summed E-state index contributed by atoms with van der Waals surface area (Å²) in [4.78, 5) is 53.8. The first kappa shape index (κ1) is 37.9. The molecule has 5 aromatic rings. The van der Waals surface area contributed by atoms with Crippen molar-refractivity contribution in [3.8, 4) is 0 Å². The van der Waals surface area contributed by atoms with Gasteiger partial charge in [-0.15, -0.1) is 0 Å². The van der Waals surface area contributed by atoms with Crippen molar-refractivity contribution in [1.29, 1.82) is 0 Å². The lowest BCUT2D eigenvalue weighted by atomic mass is 10.1. The molecule has 0 radical (unpaired) electrons. The lowest BCUT2D eigenvalue weighted by Gasteiger charge is -2.27. The molecule has 10 atom stereocenters. The van der Waals surface area contributed by atoms with Gasteiger partial charge in [0.1, 0.15) is 54.8 Å². The van der Waals surface area contributed by atoms with E-state index in [4.69, 9.17) is 39.4 Å². The zero-order valence-electron chi connectivity index (χ0n) is 28.9. The van der Waals surface area contributed by atoms with Gasteiger partial charge in [0.05, 0.1) is 31.6 Å². The van der Waals surface area contributed by atoms with Crippen LogP contribution in [-0.4, -0.2) is 116 Å². The molecule has 5 aliphatic heterocycles. The molecule has 294 valence electrons. The number of thiol groups is 1. The number of anilines is 1. The van der Waals surface area contributed by atoms with Crippen molar-refractivity contribution >= 4 is 71.6 Å². The largest absolute Gasteiger partial charge is 0.387 e. The molecule has 9 heterocycles. The third-order valence-electron chi connectivity index (χ3n) is 9.79. The van der Waals surface area contributed by atoms with Crippen LogP contribution in [0.15, 0.2) is 67.8 Å². The average Bonchev–Trinajstić information content (AvgIpc) is 3.95. The highest BCUT2D eigenvalue weighted by atomic mass is 32.7. The fraction of sp³-hybridized carbons (Fsp3) is 0.406. The molecule has 0 aliphatic carbocycles. The fourth-order valence-corrected chi connectivity index (χ4v) is 9.98. The number of amides is 1. The third kappa shape index (κ3) is 7.02. The third-order valence-corrected chi connectivity index (χ3v) is 13.0. The van der Waals surface area contributed by atoms with Crippen molar-refractivity contribution in [1.82, 2.24) is 39.0 Å². The molecular formula is C32H33N9O11P2S2. The second kappa shape index (κ2) is 15.0. The number of hydrogen-bond donors (Lipinski definition) is 4. The van der Waals surface area contributed by atoms with Crippen LogP contribution in [0, 0.1) is 0 Å². The van der Waals surface area contributed by atoms with Gasteiger partial charge >= 0.3 is 13.5 Å². The van der Waals surface area contributed by atoms with Crippen molar-refractivity contribution in [3.63, 3.8) is 0 Å². The van der Waals surface area contributed by atoms with E-state index < -0.39 is 75.8 Å². The summed E-state index contributed by atoms with van der Waals surface area (Å²) in [5.41, 5.74) is 2.14. The first-order chi connectivity index (χ1) is 27.0. The summed E-state index contributed by atoms with van der Waals surface area (Å²) in [7, 11) is 0. The SMILES string of the molecule is O=C(c1ccccc1)N1C/C=C/CCc2ncnc3c2ncn3C2O[C@@H]3COP(O)(=S)O[C@H]4C(O[C@H](COP(=O)(S)O[C@@H]2[C@@H]3O)[C@H]4O)n2cnc3c1ncnc32. The van der Waals surface area contributed by atoms with E-state index in [1.807, 2.05) is 12.2 Å². The summed E-state index contributed by atoms with van der Waals surface area (Å²) < 4.78 is 52.3. The van der Waals surface area contributed by atoms with Gasteiger partial charge in [-0.3, -0.25) is 32.4 Å². The number of carbonyl (C=O) groups excluding carboxylic acids is 1. The van der Waals surface area contributed by atoms with Gasteiger partial charge in [0.15, 0.2) is 35.1 Å². The molecule has 0 saturated carbocycles. The Kier molecular flexibility index (Phi) is 10.1. The van der Waals surface area contributed by atoms with Crippen LogP contribution in [-0.2, 0) is 50.4 Å². The molecule has 1 amide bonds. The summed E-state index contributed by atoms with van der Waals surface area (Å²) >= 11 is 9.60. The molecule has 0 spiro atoms. The number of aliphatic hydroxyl groups excluding tert-OH is 2. The molecule has 20 nitrogen and oxygen atoms in total. The van der Waals surface area contributed by atoms with E-state index in [2.05, 4.69) is 42.2 Å². The number of aryl methyl sites for hydroxylation is 1. The van der Waals surface area contributed by atoms with E-state index in [0.717, 1.165) is 0 Å². The van der Waals surface area contributed by atoms with Gasteiger partial charge < -0.3 is 29.1 Å². The molecule has 4 aromatic heterocycles. The number of aromatic nitrogens is 8. The molecule has 5 aliphatic rings. The summed E-state index contributed by atoms with van der Waals surface area (Å²) in [5.74, 6) is -0.176. The maximum atomic E-state index is 14.1. The zero-order valence-corrected chi connectivity index (χ0v) is 32.4. The van der Waals surface area contributed by atoms with E-state index >= 15 is 0 Å². The zero-order chi connectivity index (χ0) is 38.8. The lowest BCUT2D eigenvalue weighted by Crippen LogP contribution is -2.37. The normalized spacial score (nSPS) is 34.5. The quantitative estimate of drug-likeness (QED) is 0.108. The number of carbonyl (C=O) groups is 1. The van der Waals surface area contributed by atoms with E-state index in [1.54, 1.807) is 30.3 Å². The van der Waals surface area contributed by atoms with Crippen LogP contribution in [0.5, 0.6) is 0 Å². The standard InChI is InChI=1S/C32H33N9O11P2S2/c42-23-19-11-47-54(46,56)52-26-24(43)20-12-48-53(45,55)51-25(23)31(49-19)40-15-37-21-18(33-13-34-27(21)40)9-5-2-6-10-39(30(44)17-7-3-1-4-8-17)28-22-29(36-14-35-28)41(16-38-22)32(26)50-20/h1-4,6-8,13-16,19-20,23-26,31-32,42-43H,5,9-12H2,(H,45,55)(H,46,56)/b6-2+/t19-,20-,23-,24-,25-,26-,31?,32?,53?,54?/m1/s1. The number of allylic oxidation sites excluding steroid dienone is 1. The Hall–Kier alpha value is -3.60. The number of rotatable bonds is 1. The number of imidazole rings is 2. The molecule has 10 rings (SSSR count). The van der Waals surface area contributed by atoms with Crippen LogP contribution in [0.3, 0.4) is 0 Å². The second-order valence-electron chi connectivity index (χ2n) is 13.2. The minimum Gasteiger partial charge on any atom is -0.387 e. The minimum atomic E-state index is -4.35. The second-order valence-corrected chi connectivity index (χ2v) is 18.9. The van der Waals surface area contributed by atoms with Crippen molar-refractivity contribution in [3.05, 3.63) is 79.1 Å². The van der Waals surface area contributed by atoms with Crippen molar-refractivity contribution < 1.29 is 52.0 Å². The fourth-order valence-electron chi connectivity index (χ4n) is 7.10. The highest BCUT2D eigenvalue weighted by Gasteiger charge is 2.53. The predicted molar refractivity (Wildman–Crippen MR) is 201 cm³/mol. The summed E-state index contributed by atoms with van der Waals surface area (Å²) in [6.45, 7) is -9.58. The van der Waals surface area contributed by atoms with Crippen molar-refractivity contribution in [2.45, 2.75) is 61.9 Å². The van der Waals surface area contributed by atoms with E-state index in [-0.39, 0.29) is 29.4 Å². The molecule has 3 N–H and O–H groups in total. The monoisotopic (exact) mass is 845 g/mol. The van der Waals surface area contributed by atoms with Gasteiger partial charge in [0.25, 0.3) is 5.91 Å². The maximum Gasteiger partial charge on any atom is 0.386 e. The molecule has 56 heavy (non-hydrogen) atoms. The molecular weight excluding hydrogens is 812 g/mol. The van der Waals surface area contributed by atoms with Crippen molar-refractivity contribution in [2.75, 3.05) is 24.7 Å². The number of benzene rings is 1. The molecule has 24 heteroatoms. The first-order valence-corrected chi connectivity index (χ1v) is 22.6. The topological polar surface area (TPSA) is 241 Å². The van der Waals surface area contributed by atoms with Crippen LogP contribution in [0.25, 0.3) is 22.3 Å². The summed E-state index contributed by atoms with van der Waals surface area (Å²) in [5, 5.41) is 23.0. The highest BCUT2D eigenvalue weighted by molar-refractivity contribution is 8.44. The van der Waals surface area contributed by atoms with Crippen LogP contribution in [0.4, 0.5) is 5.82 Å². The van der Waals surface area contributed by atoms with Crippen molar-refractivity contribution in [2.24, 2.45) is 0 Å². The summed E-state index contributed by atoms with van der Waals surface area (Å²) in [6, 6.07) is 8.70. The molecule has 1 aromatic carbocycles. The van der Waals surface area contributed by atoms with Crippen LogP contribution >= 0.6 is 25.8 Å². The number of hydrogen-bond acceptors (Lipinski definition) is 17. The first-order valence-electron chi connectivity index (χ1n) is 17.3. The number of ether oxygens (including phenoxy) is 2. The Balaban J connectivity index is 1.19. The Morgan fingerprint density at radius 2 is 1.45 bits per heavy atom. The van der Waals surface area contributed by atoms with Gasteiger partial charge in [-0.05, 0) is 36.8 Å². The molecule has 3 fully saturated rings. The lowest BCUT2D eigenvalue weighted by molar-refractivity contribution is -0.0600. The highest BCUT2D eigenvalue weighted by Crippen LogP contribution is 2.58. The van der Waals surface area contributed by atoms with Crippen LogP contribution < -0.4 is 4.90 Å². The van der Waals surface area contributed by atoms with Gasteiger partial charge in [0, 0.05) is 12.1 Å². The average molecular weight is 846 g/mol. The molecule has 14 bridgehead atoms. The van der Waals surface area contributed by atoms with Gasteiger partial charge in [-0.1, -0.05) is 42.6 Å². The number of fused-ring (bicyclic) bond motifs is 10. The Morgan fingerprint density at radius 3 is 2.16 bits per heavy atom. The Bertz CT molecular complexity index is 2430. The molecule has 4 unspecified atom stereocenters. The van der Waals surface area contributed by atoms with Crippen LogP contribution in [0.2, 0.25) is 0 Å². The van der Waals surface area contributed by atoms with E-state index in [1.165, 1.54) is 39.3 Å².